The molecule has 6 nitrogen and oxygen atoms in total. The van der Waals surface area contributed by atoms with Crippen molar-refractivity contribution in [2.45, 2.75) is 38.2 Å². The summed E-state index contributed by atoms with van der Waals surface area (Å²) < 4.78 is 10.8. The summed E-state index contributed by atoms with van der Waals surface area (Å²) in [6, 6.07) is 0. The van der Waals surface area contributed by atoms with Crippen molar-refractivity contribution in [2.24, 2.45) is 0 Å². The molecule has 1 saturated heterocycles. The number of carboxylic acid groups (broad SMARTS) is 1. The molecular formula is C12H21NO5. The lowest BCUT2D eigenvalue weighted by Gasteiger charge is -2.10. The molecule has 1 amide bonds. The van der Waals surface area contributed by atoms with Crippen LogP contribution in [0.25, 0.3) is 0 Å². The summed E-state index contributed by atoms with van der Waals surface area (Å²) in [5.74, 6) is -1.18. The Morgan fingerprint density at radius 1 is 1.39 bits per heavy atom. The molecule has 0 radical (unpaired) electrons. The Kier molecular flexibility index (Phi) is 7.36. The lowest BCUT2D eigenvalue weighted by Crippen LogP contribution is -2.26. The van der Waals surface area contributed by atoms with Gasteiger partial charge in [-0.15, -0.1) is 0 Å². The number of carbonyl (C=O) groups is 2. The second-order valence-corrected chi connectivity index (χ2v) is 4.31. The van der Waals surface area contributed by atoms with Crippen molar-refractivity contribution in [1.82, 2.24) is 5.32 Å². The summed E-state index contributed by atoms with van der Waals surface area (Å²) in [5, 5.41) is 11.0. The van der Waals surface area contributed by atoms with Gasteiger partial charge in [-0.05, 0) is 19.3 Å². The summed E-state index contributed by atoms with van der Waals surface area (Å²) >= 11 is 0. The van der Waals surface area contributed by atoms with E-state index in [0.717, 1.165) is 25.9 Å². The van der Waals surface area contributed by atoms with Crippen LogP contribution >= 0.6 is 0 Å². The fraction of sp³-hybridized carbons (Fsp3) is 0.833. The molecule has 0 saturated carbocycles. The molecule has 1 heterocycles. The number of ether oxygens (including phenoxy) is 2. The lowest BCUT2D eigenvalue weighted by molar-refractivity contribution is -0.138. The topological polar surface area (TPSA) is 84.9 Å². The van der Waals surface area contributed by atoms with Crippen LogP contribution in [0.3, 0.4) is 0 Å². The van der Waals surface area contributed by atoms with Crippen molar-refractivity contribution in [2.75, 3.05) is 26.4 Å². The van der Waals surface area contributed by atoms with E-state index in [1.807, 2.05) is 0 Å². The molecule has 1 rings (SSSR count). The summed E-state index contributed by atoms with van der Waals surface area (Å²) in [6.45, 7) is 2.55. The Bertz CT molecular complexity index is 263. The van der Waals surface area contributed by atoms with Gasteiger partial charge in [0.2, 0.25) is 5.91 Å². The van der Waals surface area contributed by atoms with Crippen LogP contribution in [0.4, 0.5) is 0 Å². The Morgan fingerprint density at radius 3 is 2.89 bits per heavy atom. The van der Waals surface area contributed by atoms with E-state index < -0.39 is 5.97 Å². The van der Waals surface area contributed by atoms with E-state index in [1.165, 1.54) is 0 Å². The molecule has 1 unspecified atom stereocenters. The Balaban J connectivity index is 1.85. The van der Waals surface area contributed by atoms with Gasteiger partial charge in [-0.25, -0.2) is 0 Å². The zero-order valence-corrected chi connectivity index (χ0v) is 10.5. The Labute approximate surface area is 107 Å². The molecule has 0 bridgehead atoms. The number of rotatable bonds is 9. The van der Waals surface area contributed by atoms with Gasteiger partial charge in [0.1, 0.15) is 0 Å². The van der Waals surface area contributed by atoms with Crippen molar-refractivity contribution >= 4 is 11.9 Å². The minimum atomic E-state index is -0.954. The molecular weight excluding hydrogens is 238 g/mol. The standard InChI is InChI=1S/C12H21NO5/c14-11(4-5-12(15)16)13-6-2-7-17-9-10-3-1-8-18-10/h10H,1-9H2,(H,13,14)(H,15,16). The number of amides is 1. The van der Waals surface area contributed by atoms with Crippen molar-refractivity contribution in [3.05, 3.63) is 0 Å². The Morgan fingerprint density at radius 2 is 2.22 bits per heavy atom. The number of carboxylic acids is 1. The van der Waals surface area contributed by atoms with Crippen LogP contribution in [0.15, 0.2) is 0 Å². The highest BCUT2D eigenvalue weighted by molar-refractivity contribution is 5.80. The van der Waals surface area contributed by atoms with Gasteiger partial charge in [-0.2, -0.15) is 0 Å². The quantitative estimate of drug-likeness (QED) is 0.591. The van der Waals surface area contributed by atoms with Crippen molar-refractivity contribution in [3.63, 3.8) is 0 Å². The monoisotopic (exact) mass is 259 g/mol. The molecule has 6 heteroatoms. The van der Waals surface area contributed by atoms with Crippen LogP contribution in [-0.4, -0.2) is 49.5 Å². The van der Waals surface area contributed by atoms with E-state index in [0.29, 0.717) is 19.8 Å². The predicted octanol–water partition coefficient (Wildman–Crippen LogP) is 0.553. The second kappa shape index (κ2) is 8.88. The maximum Gasteiger partial charge on any atom is 0.303 e. The highest BCUT2D eigenvalue weighted by atomic mass is 16.5. The maximum absolute atomic E-state index is 11.2. The van der Waals surface area contributed by atoms with Gasteiger partial charge in [-0.3, -0.25) is 9.59 Å². The van der Waals surface area contributed by atoms with Gasteiger partial charge in [0.25, 0.3) is 0 Å². The van der Waals surface area contributed by atoms with Gasteiger partial charge < -0.3 is 19.9 Å². The molecule has 0 aliphatic carbocycles. The van der Waals surface area contributed by atoms with E-state index in [4.69, 9.17) is 14.6 Å². The maximum atomic E-state index is 11.2. The number of carbonyl (C=O) groups excluding carboxylic acids is 1. The first-order valence-corrected chi connectivity index (χ1v) is 6.36. The van der Waals surface area contributed by atoms with Gasteiger partial charge >= 0.3 is 5.97 Å². The van der Waals surface area contributed by atoms with Crippen molar-refractivity contribution < 1.29 is 24.2 Å². The van der Waals surface area contributed by atoms with Crippen LogP contribution < -0.4 is 5.32 Å². The molecule has 1 fully saturated rings. The molecule has 1 aliphatic heterocycles. The molecule has 2 N–H and O–H groups in total. The zero-order chi connectivity index (χ0) is 13.2. The van der Waals surface area contributed by atoms with E-state index in [-0.39, 0.29) is 24.9 Å². The third kappa shape index (κ3) is 7.24. The fourth-order valence-electron chi connectivity index (χ4n) is 1.70. The molecule has 1 atom stereocenters. The minimum absolute atomic E-state index is 0.0338. The molecule has 1 aliphatic rings. The SMILES string of the molecule is O=C(O)CCC(=O)NCCCOCC1CCCO1. The van der Waals surface area contributed by atoms with E-state index in [9.17, 15) is 9.59 Å². The number of nitrogens with one attached hydrogen (secondary N) is 1. The highest BCUT2D eigenvalue weighted by Crippen LogP contribution is 2.11. The summed E-state index contributed by atoms with van der Waals surface area (Å²) in [7, 11) is 0. The second-order valence-electron chi connectivity index (χ2n) is 4.31. The average molecular weight is 259 g/mol. The van der Waals surface area contributed by atoms with Crippen LogP contribution in [0.5, 0.6) is 0 Å². The molecule has 0 aromatic rings. The average Bonchev–Trinajstić information content (AvgIpc) is 2.84. The number of hydrogen-bond acceptors (Lipinski definition) is 4. The van der Waals surface area contributed by atoms with Gasteiger partial charge in [-0.1, -0.05) is 0 Å². The summed E-state index contributed by atoms with van der Waals surface area (Å²) in [5.41, 5.74) is 0. The fourth-order valence-corrected chi connectivity index (χ4v) is 1.70. The number of aliphatic carboxylic acids is 1. The third-order valence-corrected chi connectivity index (χ3v) is 2.68. The first kappa shape index (κ1) is 14.9. The molecule has 0 aromatic heterocycles. The minimum Gasteiger partial charge on any atom is -0.481 e. The normalized spacial score (nSPS) is 18.8. The first-order chi connectivity index (χ1) is 8.68. The van der Waals surface area contributed by atoms with Gasteiger partial charge in [0, 0.05) is 26.2 Å². The summed E-state index contributed by atoms with van der Waals surface area (Å²) in [4.78, 5) is 21.4. The van der Waals surface area contributed by atoms with E-state index in [1.54, 1.807) is 0 Å². The van der Waals surface area contributed by atoms with Crippen LogP contribution in [0.1, 0.15) is 32.1 Å². The van der Waals surface area contributed by atoms with Crippen LogP contribution in [0, 0.1) is 0 Å². The van der Waals surface area contributed by atoms with Crippen LogP contribution in [0.2, 0.25) is 0 Å². The number of hydrogen-bond donors (Lipinski definition) is 2. The molecule has 18 heavy (non-hydrogen) atoms. The van der Waals surface area contributed by atoms with E-state index >= 15 is 0 Å². The highest BCUT2D eigenvalue weighted by Gasteiger charge is 2.14. The smallest absolute Gasteiger partial charge is 0.303 e. The summed E-state index contributed by atoms with van der Waals surface area (Å²) in [6.07, 6.45) is 3.04. The lowest BCUT2D eigenvalue weighted by atomic mass is 10.2. The zero-order valence-electron chi connectivity index (χ0n) is 10.5. The molecule has 104 valence electrons. The molecule has 0 spiro atoms. The van der Waals surface area contributed by atoms with Crippen molar-refractivity contribution in [1.29, 1.82) is 0 Å². The molecule has 0 aromatic carbocycles. The van der Waals surface area contributed by atoms with Crippen molar-refractivity contribution in [3.8, 4) is 0 Å². The third-order valence-electron chi connectivity index (χ3n) is 2.68. The predicted molar refractivity (Wildman–Crippen MR) is 64.3 cm³/mol. The van der Waals surface area contributed by atoms with E-state index in [2.05, 4.69) is 5.32 Å². The largest absolute Gasteiger partial charge is 0.481 e. The Hall–Kier alpha value is -1.14. The van der Waals surface area contributed by atoms with Gasteiger partial charge in [0.05, 0.1) is 19.1 Å². The first-order valence-electron chi connectivity index (χ1n) is 6.36. The van der Waals surface area contributed by atoms with Gasteiger partial charge in [0.15, 0.2) is 0 Å². The van der Waals surface area contributed by atoms with Crippen LogP contribution in [-0.2, 0) is 19.1 Å².